The minimum atomic E-state index is -0.601. The molecule has 0 unspecified atom stereocenters. The van der Waals surface area contributed by atoms with Gasteiger partial charge in [-0.25, -0.2) is 0 Å². The van der Waals surface area contributed by atoms with Gasteiger partial charge < -0.3 is 14.7 Å². The third kappa shape index (κ3) is 2.32. The predicted octanol–water partition coefficient (Wildman–Crippen LogP) is 1.84. The number of aliphatic hydroxyl groups is 1. The third-order valence-corrected chi connectivity index (χ3v) is 3.90. The first-order chi connectivity index (χ1) is 8.97. The molecule has 0 aliphatic carbocycles. The van der Waals surface area contributed by atoms with Crippen LogP contribution in [0.15, 0.2) is 24.3 Å². The normalized spacial score (nSPS) is 24.3. The number of β-lactam (4-membered cyclic amide) rings is 1. The van der Waals surface area contributed by atoms with Gasteiger partial charge in [-0.2, -0.15) is 0 Å². The van der Waals surface area contributed by atoms with E-state index in [2.05, 4.69) is 0 Å². The van der Waals surface area contributed by atoms with Gasteiger partial charge in [0.15, 0.2) is 0 Å². The molecular formula is C15H21NO3. The Morgan fingerprint density at radius 3 is 2.32 bits per heavy atom. The van der Waals surface area contributed by atoms with Crippen LogP contribution in [0.2, 0.25) is 0 Å². The predicted molar refractivity (Wildman–Crippen MR) is 72.8 cm³/mol. The Morgan fingerprint density at radius 1 is 1.26 bits per heavy atom. The second-order valence-corrected chi connectivity index (χ2v) is 5.43. The molecule has 4 heteroatoms. The lowest BCUT2D eigenvalue weighted by Crippen LogP contribution is -2.58. The Kier molecular flexibility index (Phi) is 3.80. The monoisotopic (exact) mass is 263 g/mol. The molecule has 1 fully saturated rings. The van der Waals surface area contributed by atoms with E-state index in [1.165, 1.54) is 0 Å². The molecule has 0 radical (unpaired) electrons. The van der Waals surface area contributed by atoms with Crippen LogP contribution in [0, 0.1) is 11.8 Å². The molecule has 0 bridgehead atoms. The number of likely N-dealkylation sites (tertiary alicyclic amines) is 1. The van der Waals surface area contributed by atoms with Crippen LogP contribution in [0.5, 0.6) is 5.75 Å². The van der Waals surface area contributed by atoms with Crippen LogP contribution in [0.25, 0.3) is 0 Å². The topological polar surface area (TPSA) is 49.8 Å². The molecule has 4 nitrogen and oxygen atoms in total. The summed E-state index contributed by atoms with van der Waals surface area (Å²) in [6.07, 6.45) is -0.601. The fourth-order valence-corrected chi connectivity index (χ4v) is 2.65. The van der Waals surface area contributed by atoms with Gasteiger partial charge in [-0.15, -0.1) is 0 Å². The maximum absolute atomic E-state index is 12.0. The molecule has 0 saturated carbocycles. The number of nitrogens with zero attached hydrogens (tertiary/aromatic N) is 1. The first kappa shape index (κ1) is 13.9. The van der Waals surface area contributed by atoms with E-state index in [4.69, 9.17) is 4.74 Å². The molecule has 104 valence electrons. The molecule has 1 heterocycles. The van der Waals surface area contributed by atoms with Crippen LogP contribution in [0.3, 0.4) is 0 Å². The van der Waals surface area contributed by atoms with E-state index in [0.29, 0.717) is 0 Å². The van der Waals surface area contributed by atoms with Crippen LogP contribution in [0.4, 0.5) is 0 Å². The van der Waals surface area contributed by atoms with E-state index < -0.39 is 6.10 Å². The minimum absolute atomic E-state index is 0.0158. The van der Waals surface area contributed by atoms with E-state index in [1.807, 2.05) is 38.1 Å². The molecule has 2 rings (SSSR count). The average Bonchev–Trinajstić information content (AvgIpc) is 2.43. The highest BCUT2D eigenvalue weighted by atomic mass is 16.5. The number of hydrogen-bond donors (Lipinski definition) is 1. The molecule has 1 saturated heterocycles. The highest BCUT2D eigenvalue weighted by Gasteiger charge is 2.50. The lowest BCUT2D eigenvalue weighted by molar-refractivity contribution is -0.164. The molecule has 1 aliphatic rings. The number of aliphatic hydroxyl groups excluding tert-OH is 1. The smallest absolute Gasteiger partial charge is 0.231 e. The molecule has 1 aliphatic heterocycles. The summed E-state index contributed by atoms with van der Waals surface area (Å²) in [6, 6.07) is 7.62. The van der Waals surface area contributed by atoms with Crippen LogP contribution in [0.1, 0.15) is 25.5 Å². The van der Waals surface area contributed by atoms with Gasteiger partial charge in [-0.05, 0) is 23.6 Å². The summed E-state index contributed by atoms with van der Waals surface area (Å²) < 4.78 is 5.13. The fourth-order valence-electron chi connectivity index (χ4n) is 2.65. The largest absolute Gasteiger partial charge is 0.497 e. The van der Waals surface area contributed by atoms with Crippen molar-refractivity contribution in [1.29, 1.82) is 0 Å². The van der Waals surface area contributed by atoms with E-state index in [9.17, 15) is 9.90 Å². The number of hydrogen-bond acceptors (Lipinski definition) is 3. The highest BCUT2D eigenvalue weighted by molar-refractivity contribution is 5.87. The average molecular weight is 263 g/mol. The first-order valence-electron chi connectivity index (χ1n) is 6.56. The van der Waals surface area contributed by atoms with E-state index >= 15 is 0 Å². The Labute approximate surface area is 114 Å². The maximum atomic E-state index is 12.0. The zero-order valence-electron chi connectivity index (χ0n) is 11.8. The zero-order chi connectivity index (χ0) is 14.2. The second kappa shape index (κ2) is 5.21. The quantitative estimate of drug-likeness (QED) is 0.843. The zero-order valence-corrected chi connectivity index (χ0v) is 11.8. The maximum Gasteiger partial charge on any atom is 0.231 e. The molecule has 1 N–H and O–H groups in total. The lowest BCUT2D eigenvalue weighted by Gasteiger charge is -2.48. The molecule has 3 atom stereocenters. The molecular weight excluding hydrogens is 242 g/mol. The van der Waals surface area contributed by atoms with Crippen molar-refractivity contribution in [2.45, 2.75) is 26.0 Å². The Balaban J connectivity index is 2.23. The number of carbonyl (C=O) groups is 1. The number of rotatable bonds is 4. The summed E-state index contributed by atoms with van der Waals surface area (Å²) in [7, 11) is 3.40. The number of benzene rings is 1. The summed E-state index contributed by atoms with van der Waals surface area (Å²) in [4.78, 5) is 13.6. The molecule has 0 spiro atoms. The van der Waals surface area contributed by atoms with Crippen molar-refractivity contribution in [3.8, 4) is 5.75 Å². The van der Waals surface area contributed by atoms with Crippen molar-refractivity contribution in [2.24, 2.45) is 11.8 Å². The van der Waals surface area contributed by atoms with Gasteiger partial charge in [0, 0.05) is 7.05 Å². The van der Waals surface area contributed by atoms with Crippen molar-refractivity contribution >= 4 is 5.91 Å². The lowest BCUT2D eigenvalue weighted by atomic mass is 9.76. The Hall–Kier alpha value is -1.55. The van der Waals surface area contributed by atoms with Crippen LogP contribution in [-0.2, 0) is 4.79 Å². The number of methoxy groups -OCH3 is 1. The van der Waals surface area contributed by atoms with Crippen LogP contribution < -0.4 is 4.74 Å². The van der Waals surface area contributed by atoms with Crippen LogP contribution >= 0.6 is 0 Å². The van der Waals surface area contributed by atoms with Gasteiger partial charge in [0.05, 0.1) is 25.2 Å². The fraction of sp³-hybridized carbons (Fsp3) is 0.533. The van der Waals surface area contributed by atoms with Gasteiger partial charge in [0.25, 0.3) is 0 Å². The molecule has 1 aromatic rings. The summed E-state index contributed by atoms with van der Waals surface area (Å²) in [6.45, 7) is 3.86. The van der Waals surface area contributed by atoms with Crippen molar-refractivity contribution in [3.63, 3.8) is 0 Å². The first-order valence-corrected chi connectivity index (χ1v) is 6.56. The van der Waals surface area contributed by atoms with Gasteiger partial charge in [-0.1, -0.05) is 26.0 Å². The van der Waals surface area contributed by atoms with Crippen molar-refractivity contribution < 1.29 is 14.6 Å². The van der Waals surface area contributed by atoms with E-state index in [0.717, 1.165) is 11.3 Å². The van der Waals surface area contributed by atoms with Gasteiger partial charge in [0.1, 0.15) is 5.75 Å². The SMILES string of the molecule is COc1ccc([C@@H]2[C@H]([C@@H](O)C(C)C)C(=O)N2C)cc1. The van der Waals surface area contributed by atoms with Crippen molar-refractivity contribution in [3.05, 3.63) is 29.8 Å². The molecule has 1 amide bonds. The summed E-state index contributed by atoms with van der Waals surface area (Å²) >= 11 is 0. The molecule has 0 aromatic heterocycles. The standard InChI is InChI=1S/C15H21NO3/c1-9(2)14(17)12-13(16(3)15(12)18)10-5-7-11(19-4)8-6-10/h5-9,12-14,17H,1-4H3/t12-,13-,14+/m1/s1. The Morgan fingerprint density at radius 2 is 1.84 bits per heavy atom. The second-order valence-electron chi connectivity index (χ2n) is 5.43. The molecule has 1 aromatic carbocycles. The summed E-state index contributed by atoms with van der Waals surface area (Å²) in [5.74, 6) is 0.543. The summed E-state index contributed by atoms with van der Waals surface area (Å²) in [5.41, 5.74) is 1.03. The molecule has 19 heavy (non-hydrogen) atoms. The minimum Gasteiger partial charge on any atom is -0.497 e. The Bertz CT molecular complexity index is 455. The van der Waals surface area contributed by atoms with Crippen LogP contribution in [-0.4, -0.2) is 36.2 Å². The summed E-state index contributed by atoms with van der Waals surface area (Å²) in [5, 5.41) is 10.2. The van der Waals surface area contributed by atoms with Crippen molar-refractivity contribution in [1.82, 2.24) is 4.90 Å². The number of ether oxygens (including phenoxy) is 1. The van der Waals surface area contributed by atoms with Gasteiger partial charge in [-0.3, -0.25) is 4.79 Å². The van der Waals surface area contributed by atoms with Crippen molar-refractivity contribution in [2.75, 3.05) is 14.2 Å². The highest BCUT2D eigenvalue weighted by Crippen LogP contribution is 2.42. The van der Waals surface area contributed by atoms with E-state index in [-0.39, 0.29) is 23.8 Å². The van der Waals surface area contributed by atoms with Gasteiger partial charge in [0.2, 0.25) is 5.91 Å². The number of amides is 1. The third-order valence-electron chi connectivity index (χ3n) is 3.90. The van der Waals surface area contributed by atoms with E-state index in [1.54, 1.807) is 19.1 Å². The number of carbonyl (C=O) groups excluding carboxylic acids is 1. The van der Waals surface area contributed by atoms with Gasteiger partial charge >= 0.3 is 0 Å².